The van der Waals surface area contributed by atoms with E-state index in [1.165, 1.54) is 0 Å². The first-order chi connectivity index (χ1) is 6.18. The van der Waals surface area contributed by atoms with E-state index in [1.807, 2.05) is 6.92 Å². The molecular formula is C8H18Cl3NO2. The summed E-state index contributed by atoms with van der Waals surface area (Å²) in [7, 11) is 0. The van der Waals surface area contributed by atoms with Crippen molar-refractivity contribution in [1.29, 1.82) is 0 Å². The highest BCUT2D eigenvalue weighted by molar-refractivity contribution is 6.18. The van der Waals surface area contributed by atoms with E-state index in [9.17, 15) is 5.21 Å². The van der Waals surface area contributed by atoms with Crippen molar-refractivity contribution in [1.82, 2.24) is 0 Å². The fraction of sp³-hybridized carbons (Fsp3) is 1.00. The average Bonchev–Trinajstić information content (AvgIpc) is 2.05. The summed E-state index contributed by atoms with van der Waals surface area (Å²) in [5, 5.41) is 11.9. The Morgan fingerprint density at radius 3 is 2.00 bits per heavy atom. The van der Waals surface area contributed by atoms with Crippen LogP contribution in [0.3, 0.4) is 0 Å². The largest absolute Gasteiger partial charge is 0.633 e. The van der Waals surface area contributed by atoms with Crippen molar-refractivity contribution in [3.8, 4) is 0 Å². The second kappa shape index (κ2) is 10.3. The second-order valence-corrected chi connectivity index (χ2v) is 3.56. The molecule has 0 aromatic carbocycles. The van der Waals surface area contributed by atoms with Gasteiger partial charge in [-0.05, 0) is 6.92 Å². The first-order valence-electron chi connectivity index (χ1n) is 4.45. The smallest absolute Gasteiger partial charge is 0.102 e. The predicted octanol–water partition coefficient (Wildman–Crippen LogP) is 2.24. The molecule has 0 amide bonds. The van der Waals surface area contributed by atoms with Crippen LogP contribution in [0.25, 0.3) is 0 Å². The number of hydrogen-bond donors (Lipinski definition) is 0. The Hall–Kier alpha value is 0.750. The number of quaternary nitrogens is 1. The number of hydroxylamine groups is 3. The molecule has 6 heteroatoms. The van der Waals surface area contributed by atoms with Crippen molar-refractivity contribution in [2.45, 2.75) is 6.92 Å². The Kier molecular flexibility index (Phi) is 12.6. The topological polar surface area (TPSA) is 32.3 Å². The molecule has 0 radical (unpaired) electrons. The van der Waals surface area contributed by atoms with Gasteiger partial charge in [-0.25, -0.2) is 0 Å². The minimum absolute atomic E-state index is 0. The molecule has 0 saturated carbocycles. The van der Waals surface area contributed by atoms with Crippen LogP contribution in [0.4, 0.5) is 0 Å². The Labute approximate surface area is 102 Å². The van der Waals surface area contributed by atoms with E-state index in [4.69, 9.17) is 27.9 Å². The molecule has 0 N–H and O–H groups in total. The van der Waals surface area contributed by atoms with Crippen molar-refractivity contribution in [3.63, 3.8) is 0 Å². The SMILES string of the molecule is CCOCC[N+]([O-])(CCCl)CCCl.Cl. The van der Waals surface area contributed by atoms with Crippen molar-refractivity contribution >= 4 is 35.6 Å². The molecule has 0 rings (SSSR count). The molecule has 0 aromatic rings. The summed E-state index contributed by atoms with van der Waals surface area (Å²) in [6.45, 7) is 4.27. The normalized spacial score (nSPS) is 11.1. The summed E-state index contributed by atoms with van der Waals surface area (Å²) in [5.41, 5.74) is 0. The van der Waals surface area contributed by atoms with E-state index in [1.54, 1.807) is 0 Å². The highest BCUT2D eigenvalue weighted by Gasteiger charge is 2.14. The molecule has 0 spiro atoms. The van der Waals surface area contributed by atoms with Crippen molar-refractivity contribution in [3.05, 3.63) is 5.21 Å². The van der Waals surface area contributed by atoms with Gasteiger partial charge in [0.15, 0.2) is 0 Å². The van der Waals surface area contributed by atoms with Gasteiger partial charge in [0, 0.05) is 6.61 Å². The fourth-order valence-electron chi connectivity index (χ4n) is 1.02. The maximum atomic E-state index is 11.9. The third-order valence-electron chi connectivity index (χ3n) is 1.83. The molecule has 0 bridgehead atoms. The van der Waals surface area contributed by atoms with Gasteiger partial charge in [0.1, 0.15) is 6.54 Å². The summed E-state index contributed by atoms with van der Waals surface area (Å²) in [5.74, 6) is 0.735. The number of alkyl halides is 2. The number of hydrogen-bond acceptors (Lipinski definition) is 2. The summed E-state index contributed by atoms with van der Waals surface area (Å²) >= 11 is 11.1. The Bertz CT molecular complexity index is 121. The standard InChI is InChI=1S/C8H17Cl2NO2.ClH/c1-2-13-8-7-11(12,5-3-9)6-4-10;/h2-8H2,1H3;1H. The second-order valence-electron chi connectivity index (χ2n) is 2.80. The zero-order valence-electron chi connectivity index (χ0n) is 8.38. The lowest BCUT2D eigenvalue weighted by atomic mass is 10.4. The highest BCUT2D eigenvalue weighted by atomic mass is 35.5. The Balaban J connectivity index is 0. The van der Waals surface area contributed by atoms with E-state index in [0.717, 1.165) is 0 Å². The summed E-state index contributed by atoms with van der Waals surface area (Å²) in [4.78, 5) is 0. The van der Waals surface area contributed by atoms with Crippen LogP contribution in [0.15, 0.2) is 0 Å². The minimum atomic E-state index is -0.340. The fourth-order valence-corrected chi connectivity index (χ4v) is 1.63. The van der Waals surface area contributed by atoms with Gasteiger partial charge in [-0.15, -0.1) is 35.6 Å². The zero-order valence-corrected chi connectivity index (χ0v) is 10.7. The molecule has 0 unspecified atom stereocenters. The van der Waals surface area contributed by atoms with Crippen LogP contribution in [0.1, 0.15) is 6.92 Å². The van der Waals surface area contributed by atoms with E-state index in [2.05, 4.69) is 0 Å². The molecule has 3 nitrogen and oxygen atoms in total. The number of rotatable bonds is 8. The Morgan fingerprint density at radius 1 is 1.14 bits per heavy atom. The summed E-state index contributed by atoms with van der Waals surface area (Å²) < 4.78 is 4.78. The predicted molar refractivity (Wildman–Crippen MR) is 63.4 cm³/mol. The molecule has 88 valence electrons. The van der Waals surface area contributed by atoms with Crippen LogP contribution in [0.2, 0.25) is 0 Å². The van der Waals surface area contributed by atoms with Gasteiger partial charge in [0.2, 0.25) is 0 Å². The van der Waals surface area contributed by atoms with Crippen molar-refractivity contribution < 1.29 is 9.38 Å². The van der Waals surface area contributed by atoms with Crippen LogP contribution < -0.4 is 0 Å². The Morgan fingerprint density at radius 2 is 1.64 bits per heavy atom. The zero-order chi connectivity index (χ0) is 10.2. The lowest BCUT2D eigenvalue weighted by Gasteiger charge is -2.41. The molecule has 0 aromatic heterocycles. The average molecular weight is 267 g/mol. The minimum Gasteiger partial charge on any atom is -0.633 e. The third kappa shape index (κ3) is 8.09. The van der Waals surface area contributed by atoms with Gasteiger partial charge in [0.25, 0.3) is 0 Å². The van der Waals surface area contributed by atoms with Crippen LogP contribution in [-0.4, -0.2) is 49.3 Å². The van der Waals surface area contributed by atoms with Crippen molar-refractivity contribution in [2.75, 3.05) is 44.6 Å². The maximum absolute atomic E-state index is 11.9. The van der Waals surface area contributed by atoms with Gasteiger partial charge in [-0.3, -0.25) is 0 Å². The maximum Gasteiger partial charge on any atom is 0.102 e. The molecule has 0 saturated heterocycles. The van der Waals surface area contributed by atoms with Crippen LogP contribution >= 0.6 is 35.6 Å². The number of ether oxygens (including phenoxy) is 1. The van der Waals surface area contributed by atoms with E-state index in [0.29, 0.717) is 44.6 Å². The highest BCUT2D eigenvalue weighted by Crippen LogP contribution is 2.05. The van der Waals surface area contributed by atoms with Crippen LogP contribution in [0, 0.1) is 5.21 Å². The lowest BCUT2D eigenvalue weighted by molar-refractivity contribution is -0.876. The van der Waals surface area contributed by atoms with Gasteiger partial charge in [-0.2, -0.15) is 0 Å². The molecule has 14 heavy (non-hydrogen) atoms. The van der Waals surface area contributed by atoms with Crippen LogP contribution in [0.5, 0.6) is 0 Å². The lowest BCUT2D eigenvalue weighted by Crippen LogP contribution is -2.47. The summed E-state index contributed by atoms with van der Waals surface area (Å²) in [6.07, 6.45) is 0. The monoisotopic (exact) mass is 265 g/mol. The first-order valence-corrected chi connectivity index (χ1v) is 5.52. The first kappa shape index (κ1) is 17.2. The van der Waals surface area contributed by atoms with E-state index >= 15 is 0 Å². The van der Waals surface area contributed by atoms with Gasteiger partial charge >= 0.3 is 0 Å². The van der Waals surface area contributed by atoms with Gasteiger partial charge in [0.05, 0.1) is 31.5 Å². The number of nitrogens with zero attached hydrogens (tertiary/aromatic N) is 1. The molecule has 0 aliphatic heterocycles. The number of halogens is 3. The molecule has 0 atom stereocenters. The third-order valence-corrected chi connectivity index (χ3v) is 2.17. The van der Waals surface area contributed by atoms with E-state index < -0.39 is 0 Å². The molecule has 0 aliphatic carbocycles. The van der Waals surface area contributed by atoms with Gasteiger partial charge in [-0.1, -0.05) is 0 Å². The van der Waals surface area contributed by atoms with E-state index in [-0.39, 0.29) is 17.1 Å². The summed E-state index contributed by atoms with van der Waals surface area (Å²) in [6, 6.07) is 0. The molecule has 0 aliphatic rings. The van der Waals surface area contributed by atoms with Crippen LogP contribution in [-0.2, 0) is 4.74 Å². The molecular weight excluding hydrogens is 248 g/mol. The van der Waals surface area contributed by atoms with Gasteiger partial charge < -0.3 is 14.6 Å². The molecule has 0 heterocycles. The quantitative estimate of drug-likeness (QED) is 0.292. The molecule has 0 fully saturated rings. The van der Waals surface area contributed by atoms with Crippen molar-refractivity contribution in [2.24, 2.45) is 0 Å².